The van der Waals surface area contributed by atoms with E-state index in [9.17, 15) is 0 Å². The van der Waals surface area contributed by atoms with E-state index in [4.69, 9.17) is 22.3 Å². The van der Waals surface area contributed by atoms with Crippen LogP contribution in [-0.2, 0) is 6.42 Å². The number of nitrogens with zero attached hydrogens (tertiary/aromatic N) is 1. The second-order valence-electron chi connectivity index (χ2n) is 4.89. The largest absolute Gasteiger partial charge is 0.399 e. The molecule has 20 heavy (non-hydrogen) atoms. The van der Waals surface area contributed by atoms with E-state index in [1.165, 1.54) is 16.0 Å². The van der Waals surface area contributed by atoms with Crippen LogP contribution in [0.2, 0.25) is 5.02 Å². The van der Waals surface area contributed by atoms with Crippen molar-refractivity contribution >= 4 is 28.6 Å². The zero-order valence-electron chi connectivity index (χ0n) is 10.6. The third-order valence-corrected chi connectivity index (χ3v) is 4.87. The van der Waals surface area contributed by atoms with Gasteiger partial charge in [-0.2, -0.15) is 0 Å². The number of hydrogen-bond acceptors (Lipinski definition) is 3. The van der Waals surface area contributed by atoms with Gasteiger partial charge in [0.25, 0.3) is 0 Å². The number of nitrogens with two attached hydrogens (primary N) is 1. The van der Waals surface area contributed by atoms with Gasteiger partial charge in [-0.25, -0.2) is 4.98 Å². The van der Waals surface area contributed by atoms with Crippen LogP contribution >= 0.6 is 22.9 Å². The highest BCUT2D eigenvalue weighted by Crippen LogP contribution is 2.42. The number of thiazole rings is 1. The first-order chi connectivity index (χ1) is 9.70. The van der Waals surface area contributed by atoms with Crippen molar-refractivity contribution in [1.29, 1.82) is 0 Å². The van der Waals surface area contributed by atoms with Crippen LogP contribution in [0.1, 0.15) is 10.4 Å². The molecule has 0 amide bonds. The molecule has 0 fully saturated rings. The Morgan fingerprint density at radius 1 is 1.10 bits per heavy atom. The Bertz CT molecular complexity index is 806. The third kappa shape index (κ3) is 1.82. The van der Waals surface area contributed by atoms with Crippen molar-refractivity contribution in [2.75, 3.05) is 5.73 Å². The maximum atomic E-state index is 6.05. The van der Waals surface area contributed by atoms with E-state index in [0.29, 0.717) is 0 Å². The summed E-state index contributed by atoms with van der Waals surface area (Å²) in [5.41, 5.74) is 11.2. The third-order valence-electron chi connectivity index (χ3n) is 3.53. The summed E-state index contributed by atoms with van der Waals surface area (Å²) in [5, 5.41) is 1.84. The normalized spacial score (nSPS) is 12.2. The predicted molar refractivity (Wildman–Crippen MR) is 85.2 cm³/mol. The fourth-order valence-corrected chi connectivity index (χ4v) is 3.84. The first-order valence-corrected chi connectivity index (χ1v) is 7.54. The molecule has 4 heteroatoms. The van der Waals surface area contributed by atoms with Gasteiger partial charge in [-0.3, -0.25) is 0 Å². The summed E-state index contributed by atoms with van der Waals surface area (Å²) in [6.45, 7) is 0. The van der Waals surface area contributed by atoms with E-state index in [-0.39, 0.29) is 0 Å². The molecule has 0 saturated heterocycles. The summed E-state index contributed by atoms with van der Waals surface area (Å²) >= 11 is 7.79. The molecular formula is C16H11ClN2S. The van der Waals surface area contributed by atoms with E-state index in [1.54, 1.807) is 11.3 Å². The summed E-state index contributed by atoms with van der Waals surface area (Å²) in [4.78, 5) is 6.11. The van der Waals surface area contributed by atoms with Crippen molar-refractivity contribution < 1.29 is 0 Å². The zero-order valence-corrected chi connectivity index (χ0v) is 12.1. The molecule has 4 rings (SSSR count). The molecule has 0 saturated carbocycles. The average Bonchev–Trinajstić information content (AvgIpc) is 2.96. The first kappa shape index (κ1) is 11.9. The van der Waals surface area contributed by atoms with Gasteiger partial charge in [0, 0.05) is 33.1 Å². The summed E-state index contributed by atoms with van der Waals surface area (Å²) < 4.78 is 0. The van der Waals surface area contributed by atoms with Crippen LogP contribution in [0.3, 0.4) is 0 Å². The van der Waals surface area contributed by atoms with Crippen LogP contribution in [0.5, 0.6) is 0 Å². The molecule has 0 atom stereocenters. The van der Waals surface area contributed by atoms with E-state index in [0.717, 1.165) is 33.4 Å². The Morgan fingerprint density at radius 3 is 2.70 bits per heavy atom. The molecule has 98 valence electrons. The summed E-state index contributed by atoms with van der Waals surface area (Å²) in [6.07, 6.45) is 0.928. The van der Waals surface area contributed by atoms with Gasteiger partial charge in [0.2, 0.25) is 0 Å². The number of benzene rings is 2. The minimum absolute atomic E-state index is 0.776. The Morgan fingerprint density at radius 2 is 1.90 bits per heavy atom. The van der Waals surface area contributed by atoms with Crippen LogP contribution in [0.4, 0.5) is 5.69 Å². The lowest BCUT2D eigenvalue weighted by molar-refractivity contribution is 1.31. The average molecular weight is 299 g/mol. The molecular weight excluding hydrogens is 288 g/mol. The Kier molecular flexibility index (Phi) is 2.59. The first-order valence-electron chi connectivity index (χ1n) is 6.35. The molecule has 0 unspecified atom stereocenters. The highest BCUT2D eigenvalue weighted by atomic mass is 35.5. The summed E-state index contributed by atoms with van der Waals surface area (Å²) in [5.74, 6) is 0. The van der Waals surface area contributed by atoms with Gasteiger partial charge in [-0.15, -0.1) is 11.3 Å². The lowest BCUT2D eigenvalue weighted by Crippen LogP contribution is -1.84. The zero-order chi connectivity index (χ0) is 13.7. The highest BCUT2D eigenvalue weighted by molar-refractivity contribution is 7.15. The SMILES string of the molecule is Nc1ccc(-c2nc3c(s2)Cc2cc(Cl)ccc2-3)cc1. The molecule has 1 aliphatic rings. The molecule has 0 bridgehead atoms. The van der Waals surface area contributed by atoms with E-state index in [2.05, 4.69) is 6.07 Å². The molecule has 2 N–H and O–H groups in total. The standard InChI is InChI=1S/C16H11ClN2S/c17-11-3-6-13-10(7-11)8-14-15(13)19-16(20-14)9-1-4-12(18)5-2-9/h1-7H,8,18H2. The van der Waals surface area contributed by atoms with Crippen LogP contribution in [0, 0.1) is 0 Å². The van der Waals surface area contributed by atoms with Gasteiger partial charge in [0.15, 0.2) is 0 Å². The van der Waals surface area contributed by atoms with Gasteiger partial charge in [0.05, 0.1) is 5.69 Å². The van der Waals surface area contributed by atoms with Crippen molar-refractivity contribution in [2.45, 2.75) is 6.42 Å². The predicted octanol–water partition coefficient (Wildman–Crippen LogP) is 4.62. The number of halogens is 1. The van der Waals surface area contributed by atoms with E-state index >= 15 is 0 Å². The monoisotopic (exact) mass is 298 g/mol. The Labute approximate surface area is 125 Å². The number of hydrogen-bond donors (Lipinski definition) is 1. The molecule has 0 aliphatic heterocycles. The minimum atomic E-state index is 0.776. The molecule has 2 aromatic carbocycles. The second-order valence-corrected chi connectivity index (χ2v) is 6.41. The van der Waals surface area contributed by atoms with E-state index in [1.807, 2.05) is 36.4 Å². The topological polar surface area (TPSA) is 38.9 Å². The molecule has 2 nitrogen and oxygen atoms in total. The summed E-state index contributed by atoms with van der Waals surface area (Å²) in [7, 11) is 0. The number of aromatic nitrogens is 1. The number of rotatable bonds is 1. The van der Waals surface area contributed by atoms with Gasteiger partial charge in [0.1, 0.15) is 5.01 Å². The fraction of sp³-hybridized carbons (Fsp3) is 0.0625. The highest BCUT2D eigenvalue weighted by Gasteiger charge is 2.23. The van der Waals surface area contributed by atoms with Crippen molar-refractivity contribution in [1.82, 2.24) is 4.98 Å². The molecule has 0 radical (unpaired) electrons. The minimum Gasteiger partial charge on any atom is -0.399 e. The number of anilines is 1. The van der Waals surface area contributed by atoms with Gasteiger partial charge in [-0.1, -0.05) is 17.7 Å². The molecule has 1 heterocycles. The van der Waals surface area contributed by atoms with Crippen LogP contribution in [-0.4, -0.2) is 4.98 Å². The van der Waals surface area contributed by atoms with Crippen molar-refractivity contribution in [3.8, 4) is 21.8 Å². The fourth-order valence-electron chi connectivity index (χ4n) is 2.54. The molecule has 0 spiro atoms. The Balaban J connectivity index is 1.80. The van der Waals surface area contributed by atoms with Crippen molar-refractivity contribution in [3.63, 3.8) is 0 Å². The Hall–Kier alpha value is -1.84. The van der Waals surface area contributed by atoms with Crippen molar-refractivity contribution in [3.05, 3.63) is 57.9 Å². The van der Waals surface area contributed by atoms with Crippen LogP contribution in [0.25, 0.3) is 21.8 Å². The molecule has 3 aromatic rings. The molecule has 1 aliphatic carbocycles. The van der Waals surface area contributed by atoms with E-state index < -0.39 is 0 Å². The number of fused-ring (bicyclic) bond motifs is 3. The number of nitrogen functional groups attached to an aromatic ring is 1. The van der Waals surface area contributed by atoms with Crippen LogP contribution < -0.4 is 5.73 Å². The summed E-state index contributed by atoms with van der Waals surface area (Å²) in [6, 6.07) is 13.9. The lowest BCUT2D eigenvalue weighted by atomic mass is 10.1. The second kappa shape index (κ2) is 4.33. The van der Waals surface area contributed by atoms with Gasteiger partial charge < -0.3 is 5.73 Å². The van der Waals surface area contributed by atoms with Gasteiger partial charge >= 0.3 is 0 Å². The van der Waals surface area contributed by atoms with Gasteiger partial charge in [-0.05, 0) is 42.0 Å². The quantitative estimate of drug-likeness (QED) is 0.521. The smallest absolute Gasteiger partial charge is 0.124 e. The maximum Gasteiger partial charge on any atom is 0.124 e. The van der Waals surface area contributed by atoms with Crippen molar-refractivity contribution in [2.24, 2.45) is 0 Å². The molecule has 1 aromatic heterocycles. The van der Waals surface area contributed by atoms with Crippen LogP contribution in [0.15, 0.2) is 42.5 Å². The maximum absolute atomic E-state index is 6.05. The lowest BCUT2D eigenvalue weighted by Gasteiger charge is -2.00.